The van der Waals surface area contributed by atoms with Crippen molar-refractivity contribution in [2.24, 2.45) is 0 Å². The Morgan fingerprint density at radius 2 is 1.07 bits per heavy atom. The summed E-state index contributed by atoms with van der Waals surface area (Å²) < 4.78 is 2.45. The fraction of sp³-hybridized carbons (Fsp3) is 0.0769. The first kappa shape index (κ1) is 30.9. The van der Waals surface area contributed by atoms with Gasteiger partial charge in [-0.1, -0.05) is 153 Å². The molecule has 8 aromatic carbocycles. The second kappa shape index (κ2) is 11.7. The van der Waals surface area contributed by atoms with Crippen LogP contribution in [0.4, 0.5) is 0 Å². The second-order valence-electron chi connectivity index (χ2n) is 15.3. The van der Waals surface area contributed by atoms with E-state index >= 15 is 0 Å². The minimum absolute atomic E-state index is 0.0658. The Morgan fingerprint density at radius 3 is 1.81 bits per heavy atom. The molecule has 0 fully saturated rings. The van der Waals surface area contributed by atoms with Crippen molar-refractivity contribution in [3.63, 3.8) is 0 Å². The van der Waals surface area contributed by atoms with Gasteiger partial charge in [-0.3, -0.25) is 0 Å². The van der Waals surface area contributed by atoms with Crippen LogP contribution in [0, 0.1) is 0 Å². The van der Waals surface area contributed by atoms with Crippen LogP contribution in [-0.4, -0.2) is 4.57 Å². The molecular formula is C52H37N2-. The number of aromatic nitrogens is 1. The molecule has 0 atom stereocenters. The predicted molar refractivity (Wildman–Crippen MR) is 228 cm³/mol. The number of nitrogens with zero attached hydrogens (tertiary/aromatic N) is 2. The lowest BCUT2D eigenvalue weighted by Crippen LogP contribution is -2.15. The number of hydrogen-bond donors (Lipinski definition) is 0. The van der Waals surface area contributed by atoms with Gasteiger partial charge >= 0.3 is 0 Å². The van der Waals surface area contributed by atoms with E-state index in [0.29, 0.717) is 6.54 Å². The first-order valence-electron chi connectivity index (χ1n) is 18.9. The molecule has 0 spiro atoms. The minimum atomic E-state index is -0.0658. The van der Waals surface area contributed by atoms with Gasteiger partial charge in [0.2, 0.25) is 0 Å². The van der Waals surface area contributed by atoms with Gasteiger partial charge in [-0.15, -0.1) is 6.54 Å². The van der Waals surface area contributed by atoms with E-state index in [1.807, 2.05) is 6.20 Å². The van der Waals surface area contributed by atoms with Crippen molar-refractivity contribution < 1.29 is 0 Å². The average Bonchev–Trinajstić information content (AvgIpc) is 3.68. The molecule has 54 heavy (non-hydrogen) atoms. The van der Waals surface area contributed by atoms with Gasteiger partial charge in [0, 0.05) is 22.2 Å². The van der Waals surface area contributed by atoms with E-state index in [-0.39, 0.29) is 5.41 Å². The van der Waals surface area contributed by atoms with Crippen LogP contribution in [0.15, 0.2) is 170 Å². The normalized spacial score (nSPS) is 13.9. The van der Waals surface area contributed by atoms with Crippen molar-refractivity contribution in [1.82, 2.24) is 4.57 Å². The molecule has 9 aromatic rings. The summed E-state index contributed by atoms with van der Waals surface area (Å²) in [5.74, 6) is 0. The zero-order chi connectivity index (χ0) is 36.0. The summed E-state index contributed by atoms with van der Waals surface area (Å²) in [6.45, 7) is 5.38. The highest BCUT2D eigenvalue weighted by atomic mass is 15.0. The molecule has 256 valence electrons. The van der Waals surface area contributed by atoms with Crippen LogP contribution in [0.1, 0.15) is 36.2 Å². The Morgan fingerprint density at radius 1 is 0.481 bits per heavy atom. The standard InChI is InChI=1S/C52H37N2/c1-52(2)46-20-12-11-17-38(46)39-25-23-37(31-47(39)52)54-48-26-22-36(29-43(48)45-32-53-28-27-49(45)54)35-21-24-42-44(30-35)51(34-15-7-4-8-16-34)41-19-10-9-18-40(41)50(42)33-13-5-3-6-14-33/h3-31H,32H2,1-2H3/q-1. The van der Waals surface area contributed by atoms with Crippen LogP contribution >= 0.6 is 0 Å². The Hall–Kier alpha value is -6.64. The Kier molecular flexibility index (Phi) is 6.69. The van der Waals surface area contributed by atoms with Crippen molar-refractivity contribution in [3.05, 3.63) is 198 Å². The summed E-state index contributed by atoms with van der Waals surface area (Å²) in [7, 11) is 0. The smallest absolute Gasteiger partial charge is 0.0537 e. The van der Waals surface area contributed by atoms with E-state index in [2.05, 4.69) is 188 Å². The maximum Gasteiger partial charge on any atom is 0.0537 e. The second-order valence-corrected chi connectivity index (χ2v) is 15.3. The number of fused-ring (bicyclic) bond motifs is 8. The Bertz CT molecular complexity index is 3000. The van der Waals surface area contributed by atoms with Crippen molar-refractivity contribution in [2.75, 3.05) is 0 Å². The largest absolute Gasteiger partial charge is 0.687 e. The third-order valence-corrected chi connectivity index (χ3v) is 12.0. The van der Waals surface area contributed by atoms with Crippen LogP contribution in [0.25, 0.3) is 94.0 Å². The summed E-state index contributed by atoms with van der Waals surface area (Å²) in [6.07, 6.45) is 4.15. The first-order chi connectivity index (χ1) is 26.6. The van der Waals surface area contributed by atoms with Crippen LogP contribution in [0.3, 0.4) is 0 Å². The van der Waals surface area contributed by atoms with Gasteiger partial charge in [-0.05, 0) is 113 Å². The summed E-state index contributed by atoms with van der Waals surface area (Å²) in [5.41, 5.74) is 17.7. The molecule has 2 heterocycles. The van der Waals surface area contributed by atoms with Gasteiger partial charge in [0.05, 0.1) is 5.52 Å². The molecule has 1 aliphatic heterocycles. The van der Waals surface area contributed by atoms with Crippen molar-refractivity contribution in [2.45, 2.75) is 25.8 Å². The summed E-state index contributed by atoms with van der Waals surface area (Å²) in [6, 6.07) is 60.6. The van der Waals surface area contributed by atoms with E-state index in [1.54, 1.807) is 0 Å². The van der Waals surface area contributed by atoms with Gasteiger partial charge in [0.15, 0.2) is 0 Å². The molecule has 2 nitrogen and oxygen atoms in total. The molecule has 0 N–H and O–H groups in total. The maximum absolute atomic E-state index is 4.75. The topological polar surface area (TPSA) is 19.0 Å². The number of rotatable bonds is 4. The molecule has 0 saturated heterocycles. The fourth-order valence-electron chi connectivity index (χ4n) is 9.46. The van der Waals surface area contributed by atoms with Crippen LogP contribution in [-0.2, 0) is 12.0 Å². The monoisotopic (exact) mass is 689 g/mol. The lowest BCUT2D eigenvalue weighted by molar-refractivity contribution is 0.660. The zero-order valence-corrected chi connectivity index (χ0v) is 30.3. The van der Waals surface area contributed by atoms with Crippen molar-refractivity contribution in [3.8, 4) is 50.2 Å². The van der Waals surface area contributed by atoms with Gasteiger partial charge in [-0.2, -0.15) is 6.20 Å². The maximum atomic E-state index is 4.75. The van der Waals surface area contributed by atoms with E-state index in [4.69, 9.17) is 5.32 Å². The third kappa shape index (κ3) is 4.47. The van der Waals surface area contributed by atoms with E-state index in [9.17, 15) is 0 Å². The number of benzene rings is 8. The molecule has 0 radical (unpaired) electrons. The van der Waals surface area contributed by atoms with Crippen molar-refractivity contribution >= 4 is 38.5 Å². The highest BCUT2D eigenvalue weighted by molar-refractivity contribution is 6.22. The van der Waals surface area contributed by atoms with Gasteiger partial charge in [-0.25, -0.2) is 0 Å². The molecule has 2 aliphatic rings. The van der Waals surface area contributed by atoms with Crippen LogP contribution in [0.2, 0.25) is 0 Å². The van der Waals surface area contributed by atoms with E-state index < -0.39 is 0 Å². The van der Waals surface area contributed by atoms with Gasteiger partial charge < -0.3 is 9.88 Å². The fourth-order valence-corrected chi connectivity index (χ4v) is 9.46. The summed E-state index contributed by atoms with van der Waals surface area (Å²) >= 11 is 0. The number of hydrogen-bond acceptors (Lipinski definition) is 0. The average molecular weight is 690 g/mol. The van der Waals surface area contributed by atoms with Crippen molar-refractivity contribution in [1.29, 1.82) is 0 Å². The summed E-state index contributed by atoms with van der Waals surface area (Å²) in [5, 5.41) is 11.1. The lowest BCUT2D eigenvalue weighted by Gasteiger charge is -2.23. The molecule has 11 rings (SSSR count). The highest BCUT2D eigenvalue weighted by Gasteiger charge is 2.35. The zero-order valence-electron chi connectivity index (χ0n) is 30.3. The molecular weight excluding hydrogens is 653 g/mol. The molecule has 0 bridgehead atoms. The van der Waals surface area contributed by atoms with E-state index in [0.717, 1.165) is 0 Å². The predicted octanol–water partition coefficient (Wildman–Crippen LogP) is 14.1. The summed E-state index contributed by atoms with van der Waals surface area (Å²) in [4.78, 5) is 0. The first-order valence-corrected chi connectivity index (χ1v) is 18.9. The van der Waals surface area contributed by atoms with Crippen LogP contribution < -0.4 is 0 Å². The SMILES string of the molecule is CC1(C)c2ccccc2-c2ccc(-n3c4c(c5cc(-c6ccc7c(-c8ccccc8)c8ccccc8c(-c8ccccc8)c7c6)ccc53)C[N-]C=C4)cc21. The minimum Gasteiger partial charge on any atom is -0.687 e. The highest BCUT2D eigenvalue weighted by Crippen LogP contribution is 2.50. The van der Waals surface area contributed by atoms with Crippen LogP contribution in [0.5, 0.6) is 0 Å². The third-order valence-electron chi connectivity index (χ3n) is 12.0. The quantitative estimate of drug-likeness (QED) is 0.164. The molecule has 1 aliphatic carbocycles. The Balaban J connectivity index is 1.12. The van der Waals surface area contributed by atoms with Gasteiger partial charge in [0.25, 0.3) is 0 Å². The molecule has 1 aromatic heterocycles. The van der Waals surface area contributed by atoms with E-state index in [1.165, 1.54) is 105 Å². The Labute approximate surface area is 315 Å². The van der Waals surface area contributed by atoms with Gasteiger partial charge in [0.1, 0.15) is 0 Å². The molecule has 0 amide bonds. The molecule has 0 unspecified atom stereocenters. The lowest BCUT2D eigenvalue weighted by atomic mass is 9.82. The molecule has 0 saturated carbocycles. The molecule has 2 heteroatoms.